The minimum absolute atomic E-state index is 0.248. The molecule has 0 bridgehead atoms. The molecule has 0 saturated heterocycles. The van der Waals surface area contributed by atoms with E-state index in [1.165, 1.54) is 7.11 Å². The topological polar surface area (TPSA) is 42.1 Å². The number of aromatic amines is 1. The maximum Gasteiger partial charge on any atom is 0.290 e. The van der Waals surface area contributed by atoms with Crippen molar-refractivity contribution in [3.05, 3.63) is 39.6 Å². The van der Waals surface area contributed by atoms with E-state index in [2.05, 4.69) is 4.98 Å². The van der Waals surface area contributed by atoms with E-state index in [0.29, 0.717) is 16.3 Å². The lowest BCUT2D eigenvalue weighted by atomic mass is 10.2. The Hall–Kier alpha value is -1.48. The van der Waals surface area contributed by atoms with Crippen molar-refractivity contribution in [2.75, 3.05) is 7.11 Å². The molecule has 0 fully saturated rings. The highest BCUT2D eigenvalue weighted by molar-refractivity contribution is 6.31. The fraction of sp³-hybridized carbons (Fsp3) is 0.100. The SMILES string of the molecule is COc1cc2ccc(Cl)cc2[nH]c1=O. The number of hydrogen-bond acceptors (Lipinski definition) is 2. The van der Waals surface area contributed by atoms with E-state index in [-0.39, 0.29) is 5.56 Å². The number of H-pyrrole nitrogens is 1. The summed E-state index contributed by atoms with van der Waals surface area (Å²) in [5, 5.41) is 1.49. The van der Waals surface area contributed by atoms with Crippen LogP contribution in [0.2, 0.25) is 5.02 Å². The van der Waals surface area contributed by atoms with E-state index in [1.54, 1.807) is 18.2 Å². The lowest BCUT2D eigenvalue weighted by Crippen LogP contribution is -2.08. The van der Waals surface area contributed by atoms with Crippen LogP contribution in [0.3, 0.4) is 0 Å². The Morgan fingerprint density at radius 3 is 2.86 bits per heavy atom. The van der Waals surface area contributed by atoms with Gasteiger partial charge in [0.25, 0.3) is 5.56 Å². The first-order valence-electron chi connectivity index (χ1n) is 4.07. The number of benzene rings is 1. The minimum Gasteiger partial charge on any atom is -0.491 e. The third-order valence-corrected chi connectivity index (χ3v) is 2.23. The Balaban J connectivity index is 2.79. The molecule has 1 heterocycles. The Bertz CT molecular complexity index is 533. The molecule has 2 rings (SSSR count). The molecule has 0 atom stereocenters. The number of fused-ring (bicyclic) bond motifs is 1. The monoisotopic (exact) mass is 209 g/mol. The molecule has 0 amide bonds. The van der Waals surface area contributed by atoms with Gasteiger partial charge in [-0.25, -0.2) is 0 Å². The van der Waals surface area contributed by atoms with Crippen LogP contribution in [-0.2, 0) is 0 Å². The number of ether oxygens (including phenoxy) is 1. The van der Waals surface area contributed by atoms with Crippen molar-refractivity contribution in [3.63, 3.8) is 0 Å². The van der Waals surface area contributed by atoms with Gasteiger partial charge < -0.3 is 9.72 Å². The maximum absolute atomic E-state index is 11.4. The van der Waals surface area contributed by atoms with E-state index in [9.17, 15) is 4.79 Å². The van der Waals surface area contributed by atoms with Gasteiger partial charge in [-0.15, -0.1) is 0 Å². The molecule has 1 N–H and O–H groups in total. The molecule has 0 aliphatic carbocycles. The first kappa shape index (κ1) is 9.09. The molecule has 0 aliphatic heterocycles. The molecule has 4 heteroatoms. The number of halogens is 1. The lowest BCUT2D eigenvalue weighted by Gasteiger charge is -2.01. The molecule has 14 heavy (non-hydrogen) atoms. The second kappa shape index (κ2) is 3.35. The Kier molecular flexibility index (Phi) is 2.17. The smallest absolute Gasteiger partial charge is 0.290 e. The number of pyridine rings is 1. The third-order valence-electron chi connectivity index (χ3n) is 1.99. The average molecular weight is 210 g/mol. The van der Waals surface area contributed by atoms with E-state index in [4.69, 9.17) is 16.3 Å². The number of methoxy groups -OCH3 is 1. The van der Waals surface area contributed by atoms with Gasteiger partial charge in [0.1, 0.15) is 0 Å². The van der Waals surface area contributed by atoms with Gasteiger partial charge in [0, 0.05) is 10.4 Å². The third kappa shape index (κ3) is 1.46. The predicted molar refractivity (Wildman–Crippen MR) is 56.1 cm³/mol. The first-order chi connectivity index (χ1) is 6.70. The maximum atomic E-state index is 11.4. The fourth-order valence-corrected chi connectivity index (χ4v) is 1.48. The Morgan fingerprint density at radius 2 is 2.14 bits per heavy atom. The zero-order valence-electron chi connectivity index (χ0n) is 7.50. The molecular weight excluding hydrogens is 202 g/mol. The summed E-state index contributed by atoms with van der Waals surface area (Å²) in [5.74, 6) is 0.305. The zero-order chi connectivity index (χ0) is 10.1. The molecular formula is C10H8ClNO2. The van der Waals surface area contributed by atoms with Crippen molar-refractivity contribution >= 4 is 22.5 Å². The van der Waals surface area contributed by atoms with Crippen LogP contribution in [0.4, 0.5) is 0 Å². The molecule has 0 aliphatic rings. The molecule has 1 aromatic heterocycles. The highest BCUT2D eigenvalue weighted by Crippen LogP contribution is 2.18. The van der Waals surface area contributed by atoms with Gasteiger partial charge in [0.05, 0.1) is 12.6 Å². The molecule has 0 unspecified atom stereocenters. The van der Waals surface area contributed by atoms with Crippen LogP contribution < -0.4 is 10.3 Å². The summed E-state index contributed by atoms with van der Waals surface area (Å²) in [6.45, 7) is 0. The molecule has 0 saturated carbocycles. The van der Waals surface area contributed by atoms with E-state index >= 15 is 0 Å². The first-order valence-corrected chi connectivity index (χ1v) is 4.45. The number of hydrogen-bond donors (Lipinski definition) is 1. The van der Waals surface area contributed by atoms with Gasteiger partial charge in [-0.2, -0.15) is 0 Å². The molecule has 3 nitrogen and oxygen atoms in total. The Morgan fingerprint density at radius 1 is 1.36 bits per heavy atom. The van der Waals surface area contributed by atoms with Gasteiger partial charge in [-0.3, -0.25) is 4.79 Å². The largest absolute Gasteiger partial charge is 0.491 e. The van der Waals surface area contributed by atoms with Crippen LogP contribution in [0.1, 0.15) is 0 Å². The van der Waals surface area contributed by atoms with Crippen LogP contribution in [-0.4, -0.2) is 12.1 Å². The molecule has 72 valence electrons. The summed E-state index contributed by atoms with van der Waals surface area (Å²) < 4.78 is 4.91. The average Bonchev–Trinajstić information content (AvgIpc) is 2.16. The molecule has 1 aromatic carbocycles. The number of aromatic nitrogens is 1. The standard InChI is InChI=1S/C10H8ClNO2/c1-14-9-4-6-2-3-7(11)5-8(6)12-10(9)13/h2-5H,1H3,(H,12,13). The highest BCUT2D eigenvalue weighted by atomic mass is 35.5. The minimum atomic E-state index is -0.248. The normalized spacial score (nSPS) is 10.4. The summed E-state index contributed by atoms with van der Waals surface area (Å²) in [6, 6.07) is 6.99. The fourth-order valence-electron chi connectivity index (χ4n) is 1.30. The molecule has 0 radical (unpaired) electrons. The summed E-state index contributed by atoms with van der Waals surface area (Å²) in [6.07, 6.45) is 0. The predicted octanol–water partition coefficient (Wildman–Crippen LogP) is 2.19. The second-order valence-electron chi connectivity index (χ2n) is 2.90. The van der Waals surface area contributed by atoms with E-state index in [0.717, 1.165) is 5.39 Å². The van der Waals surface area contributed by atoms with E-state index < -0.39 is 0 Å². The zero-order valence-corrected chi connectivity index (χ0v) is 8.26. The van der Waals surface area contributed by atoms with Crippen LogP contribution in [0, 0.1) is 0 Å². The van der Waals surface area contributed by atoms with Crippen LogP contribution >= 0.6 is 11.6 Å². The highest BCUT2D eigenvalue weighted by Gasteiger charge is 2.02. The van der Waals surface area contributed by atoms with Gasteiger partial charge in [0.15, 0.2) is 5.75 Å². The van der Waals surface area contributed by atoms with Crippen LogP contribution in [0.25, 0.3) is 10.9 Å². The molecule has 2 aromatic rings. The van der Waals surface area contributed by atoms with Crippen molar-refractivity contribution in [2.45, 2.75) is 0 Å². The van der Waals surface area contributed by atoms with Gasteiger partial charge in [-0.1, -0.05) is 17.7 Å². The second-order valence-corrected chi connectivity index (χ2v) is 3.33. The number of nitrogens with one attached hydrogen (secondary N) is 1. The van der Waals surface area contributed by atoms with Gasteiger partial charge >= 0.3 is 0 Å². The quantitative estimate of drug-likeness (QED) is 0.782. The van der Waals surface area contributed by atoms with Crippen molar-refractivity contribution in [3.8, 4) is 5.75 Å². The van der Waals surface area contributed by atoms with Crippen molar-refractivity contribution < 1.29 is 4.74 Å². The van der Waals surface area contributed by atoms with Crippen molar-refractivity contribution in [1.29, 1.82) is 0 Å². The summed E-state index contributed by atoms with van der Waals surface area (Å²) in [7, 11) is 1.46. The number of rotatable bonds is 1. The summed E-state index contributed by atoms with van der Waals surface area (Å²) in [4.78, 5) is 14.0. The molecule has 0 spiro atoms. The van der Waals surface area contributed by atoms with Crippen molar-refractivity contribution in [1.82, 2.24) is 4.98 Å². The lowest BCUT2D eigenvalue weighted by molar-refractivity contribution is 0.409. The van der Waals surface area contributed by atoms with Crippen LogP contribution in [0.5, 0.6) is 5.75 Å². The van der Waals surface area contributed by atoms with Gasteiger partial charge in [-0.05, 0) is 18.2 Å². The van der Waals surface area contributed by atoms with Crippen molar-refractivity contribution in [2.24, 2.45) is 0 Å². The Labute approximate surface area is 85.3 Å². The van der Waals surface area contributed by atoms with Crippen LogP contribution in [0.15, 0.2) is 29.1 Å². The van der Waals surface area contributed by atoms with E-state index in [1.807, 2.05) is 6.07 Å². The van der Waals surface area contributed by atoms with Gasteiger partial charge in [0.2, 0.25) is 0 Å². The summed E-state index contributed by atoms with van der Waals surface area (Å²) in [5.41, 5.74) is 0.463. The summed E-state index contributed by atoms with van der Waals surface area (Å²) >= 11 is 5.79.